The summed E-state index contributed by atoms with van der Waals surface area (Å²) < 4.78 is 11.7. The van der Waals surface area contributed by atoms with E-state index in [1.54, 1.807) is 0 Å². The Morgan fingerprint density at radius 1 is 1.50 bits per heavy atom. The minimum absolute atomic E-state index is 0.345. The van der Waals surface area contributed by atoms with Crippen molar-refractivity contribution in [3.05, 3.63) is 0 Å². The van der Waals surface area contributed by atoms with Gasteiger partial charge >= 0.3 is 0 Å². The molecule has 1 atom stereocenters. The molecule has 1 aromatic heterocycles. The van der Waals surface area contributed by atoms with Gasteiger partial charge in [-0.15, -0.1) is 5.10 Å². The molecule has 9 heteroatoms. The third-order valence-electron chi connectivity index (χ3n) is 2.28. The van der Waals surface area contributed by atoms with Gasteiger partial charge in [0.1, 0.15) is 0 Å². The molecule has 1 rings (SSSR count). The number of hydrogen-bond donors (Lipinski definition) is 1. The molecule has 1 amide bonds. The Labute approximate surface area is 109 Å². The van der Waals surface area contributed by atoms with Crippen LogP contribution in [0.5, 0.6) is 0 Å². The van der Waals surface area contributed by atoms with Gasteiger partial charge in [0.05, 0.1) is 11.8 Å². The lowest BCUT2D eigenvalue weighted by Gasteiger charge is -2.14. The van der Waals surface area contributed by atoms with Crippen molar-refractivity contribution in [2.45, 2.75) is 36.6 Å². The van der Waals surface area contributed by atoms with Gasteiger partial charge in [-0.05, 0) is 16.8 Å². The zero-order chi connectivity index (χ0) is 13.5. The van der Waals surface area contributed by atoms with Crippen molar-refractivity contribution in [1.29, 1.82) is 0 Å². The Bertz CT molecular complexity index is 382. The van der Waals surface area contributed by atoms with E-state index < -0.39 is 6.29 Å². The molecular weight excluding hydrogens is 258 g/mol. The molecule has 0 aromatic carbocycles. The number of ether oxygens (including phenoxy) is 2. The number of amides is 1. The number of methoxy groups -OCH3 is 2. The minimum Gasteiger partial charge on any atom is -0.369 e. The van der Waals surface area contributed by atoms with Crippen molar-refractivity contribution in [2.75, 3.05) is 14.2 Å². The quantitative estimate of drug-likeness (QED) is 0.510. The predicted molar refractivity (Wildman–Crippen MR) is 64.8 cm³/mol. The Morgan fingerprint density at radius 2 is 2.17 bits per heavy atom. The maximum Gasteiger partial charge on any atom is 0.231 e. The van der Waals surface area contributed by atoms with Gasteiger partial charge in [0.15, 0.2) is 6.29 Å². The van der Waals surface area contributed by atoms with E-state index in [4.69, 9.17) is 15.2 Å². The van der Waals surface area contributed by atoms with Crippen molar-refractivity contribution in [2.24, 2.45) is 5.73 Å². The van der Waals surface area contributed by atoms with Crippen LogP contribution in [-0.4, -0.2) is 51.9 Å². The molecule has 0 aliphatic heterocycles. The molecule has 1 aromatic rings. The summed E-state index contributed by atoms with van der Waals surface area (Å²) in [7, 11) is 3.06. The molecule has 0 aliphatic carbocycles. The smallest absolute Gasteiger partial charge is 0.231 e. The highest BCUT2D eigenvalue weighted by atomic mass is 32.2. The summed E-state index contributed by atoms with van der Waals surface area (Å²) in [5, 5.41) is 11.4. The van der Waals surface area contributed by atoms with Crippen LogP contribution in [0.4, 0.5) is 0 Å². The SMILES string of the molecule is CCC(Sc1nnnn1CC(OC)OC)C(N)=O. The van der Waals surface area contributed by atoms with E-state index in [9.17, 15) is 4.79 Å². The fourth-order valence-corrected chi connectivity index (χ4v) is 2.11. The number of hydrogen-bond acceptors (Lipinski definition) is 7. The topological polar surface area (TPSA) is 105 Å². The Hall–Kier alpha value is -1.19. The second kappa shape index (κ2) is 7.29. The molecule has 0 saturated heterocycles. The lowest BCUT2D eigenvalue weighted by molar-refractivity contribution is -0.117. The number of nitrogens with zero attached hydrogens (tertiary/aromatic N) is 4. The van der Waals surface area contributed by atoms with Crippen LogP contribution in [0.3, 0.4) is 0 Å². The van der Waals surface area contributed by atoms with Crippen LogP contribution in [0.15, 0.2) is 5.16 Å². The predicted octanol–water partition coefficient (Wildman–Crippen LogP) is -0.352. The molecule has 0 spiro atoms. The lowest BCUT2D eigenvalue weighted by atomic mass is 10.3. The molecule has 0 saturated carbocycles. The Morgan fingerprint density at radius 3 is 2.67 bits per heavy atom. The number of carbonyl (C=O) groups is 1. The molecule has 1 unspecified atom stereocenters. The number of primary amides is 1. The third-order valence-corrected chi connectivity index (χ3v) is 3.64. The normalized spacial score (nSPS) is 12.9. The van der Waals surface area contributed by atoms with E-state index in [1.165, 1.54) is 30.7 Å². The zero-order valence-electron chi connectivity index (χ0n) is 10.6. The highest BCUT2D eigenvalue weighted by molar-refractivity contribution is 8.00. The van der Waals surface area contributed by atoms with Gasteiger partial charge in [-0.1, -0.05) is 18.7 Å². The van der Waals surface area contributed by atoms with Gasteiger partial charge in [-0.2, -0.15) is 0 Å². The van der Waals surface area contributed by atoms with Crippen molar-refractivity contribution in [1.82, 2.24) is 20.2 Å². The molecule has 0 bridgehead atoms. The van der Waals surface area contributed by atoms with Gasteiger partial charge < -0.3 is 15.2 Å². The van der Waals surface area contributed by atoms with E-state index in [0.717, 1.165) is 0 Å². The summed E-state index contributed by atoms with van der Waals surface area (Å²) in [6.45, 7) is 2.22. The first-order valence-electron chi connectivity index (χ1n) is 5.40. The van der Waals surface area contributed by atoms with Crippen LogP contribution < -0.4 is 5.73 Å². The van der Waals surface area contributed by atoms with E-state index in [0.29, 0.717) is 18.1 Å². The summed E-state index contributed by atoms with van der Waals surface area (Å²) in [6.07, 6.45) is 0.173. The molecular formula is C9H17N5O3S. The highest BCUT2D eigenvalue weighted by Crippen LogP contribution is 2.22. The van der Waals surface area contributed by atoms with Crippen LogP contribution in [0.25, 0.3) is 0 Å². The van der Waals surface area contributed by atoms with Crippen molar-refractivity contribution in [3.8, 4) is 0 Å². The minimum atomic E-state index is -0.443. The summed E-state index contributed by atoms with van der Waals surface area (Å²) in [5.41, 5.74) is 5.28. The first kappa shape index (κ1) is 14.9. The standard InChI is InChI=1S/C9H17N5O3S/c1-4-6(8(10)15)18-9-11-12-13-14(9)5-7(16-2)17-3/h6-7H,4-5H2,1-3H3,(H2,10,15). The fourth-order valence-electron chi connectivity index (χ4n) is 1.25. The lowest BCUT2D eigenvalue weighted by Crippen LogP contribution is -2.26. The molecule has 8 nitrogen and oxygen atoms in total. The number of nitrogens with two attached hydrogens (primary N) is 1. The van der Waals surface area contributed by atoms with Gasteiger partial charge in [-0.3, -0.25) is 4.79 Å². The van der Waals surface area contributed by atoms with Crippen LogP contribution >= 0.6 is 11.8 Å². The van der Waals surface area contributed by atoms with Crippen LogP contribution in [0.2, 0.25) is 0 Å². The third kappa shape index (κ3) is 3.93. The summed E-state index contributed by atoms with van der Waals surface area (Å²) in [6, 6.07) is 0. The number of aromatic nitrogens is 4. The number of thioether (sulfide) groups is 1. The monoisotopic (exact) mass is 275 g/mol. The second-order valence-corrected chi connectivity index (χ2v) is 4.63. The maximum absolute atomic E-state index is 11.2. The average molecular weight is 275 g/mol. The van der Waals surface area contributed by atoms with Gasteiger partial charge in [0.2, 0.25) is 11.1 Å². The molecule has 102 valence electrons. The Balaban J connectivity index is 2.72. The second-order valence-electron chi connectivity index (χ2n) is 3.46. The van der Waals surface area contributed by atoms with Crippen molar-refractivity contribution >= 4 is 17.7 Å². The van der Waals surface area contributed by atoms with Crippen molar-refractivity contribution in [3.63, 3.8) is 0 Å². The van der Waals surface area contributed by atoms with E-state index in [-0.39, 0.29) is 11.2 Å². The van der Waals surface area contributed by atoms with Crippen LogP contribution in [0, 0.1) is 0 Å². The van der Waals surface area contributed by atoms with Gasteiger partial charge in [0, 0.05) is 14.2 Å². The van der Waals surface area contributed by atoms with Crippen LogP contribution in [-0.2, 0) is 20.8 Å². The zero-order valence-corrected chi connectivity index (χ0v) is 11.4. The number of tetrazole rings is 1. The number of rotatable bonds is 8. The summed E-state index contributed by atoms with van der Waals surface area (Å²) in [4.78, 5) is 11.2. The maximum atomic E-state index is 11.2. The van der Waals surface area contributed by atoms with Crippen LogP contribution in [0.1, 0.15) is 13.3 Å². The average Bonchev–Trinajstić information content (AvgIpc) is 2.79. The molecule has 1 heterocycles. The molecule has 0 aliphatic rings. The first-order valence-corrected chi connectivity index (χ1v) is 6.28. The first-order chi connectivity index (χ1) is 8.62. The van der Waals surface area contributed by atoms with Gasteiger partial charge in [-0.25, -0.2) is 4.68 Å². The van der Waals surface area contributed by atoms with E-state index in [2.05, 4.69) is 15.5 Å². The number of carbonyl (C=O) groups excluding carboxylic acids is 1. The molecule has 2 N–H and O–H groups in total. The van der Waals surface area contributed by atoms with E-state index in [1.807, 2.05) is 6.92 Å². The van der Waals surface area contributed by atoms with Crippen molar-refractivity contribution < 1.29 is 14.3 Å². The Kier molecular flexibility index (Phi) is 6.02. The summed E-state index contributed by atoms with van der Waals surface area (Å²) in [5.74, 6) is -0.382. The molecule has 0 radical (unpaired) electrons. The molecule has 0 fully saturated rings. The van der Waals surface area contributed by atoms with E-state index >= 15 is 0 Å². The highest BCUT2D eigenvalue weighted by Gasteiger charge is 2.20. The largest absolute Gasteiger partial charge is 0.369 e. The molecule has 18 heavy (non-hydrogen) atoms. The fraction of sp³-hybridized carbons (Fsp3) is 0.778. The summed E-state index contributed by atoms with van der Waals surface area (Å²) >= 11 is 1.23. The van der Waals surface area contributed by atoms with Gasteiger partial charge in [0.25, 0.3) is 0 Å².